The van der Waals surface area contributed by atoms with Gasteiger partial charge in [-0.15, -0.1) is 0 Å². The largest absolute Gasteiger partial charge is 0.481 e. The maximum absolute atomic E-state index is 13.7. The van der Waals surface area contributed by atoms with E-state index in [-0.39, 0.29) is 17.0 Å². The fourth-order valence-corrected chi connectivity index (χ4v) is 2.42. The van der Waals surface area contributed by atoms with Gasteiger partial charge in [0.15, 0.2) is 6.10 Å². The molecule has 27 heavy (non-hydrogen) atoms. The van der Waals surface area contributed by atoms with Crippen LogP contribution in [0, 0.1) is 5.82 Å². The Kier molecular flexibility index (Phi) is 6.20. The van der Waals surface area contributed by atoms with Crippen LogP contribution >= 0.6 is 0 Å². The number of benzene rings is 2. The van der Waals surface area contributed by atoms with Gasteiger partial charge in [0.25, 0.3) is 5.91 Å². The van der Waals surface area contributed by atoms with Crippen LogP contribution in [0.25, 0.3) is 0 Å². The number of halogens is 1. The molecule has 2 aromatic carbocycles. The van der Waals surface area contributed by atoms with Gasteiger partial charge in [0.2, 0.25) is 5.91 Å². The second-order valence-electron chi connectivity index (χ2n) is 7.40. The first-order chi connectivity index (χ1) is 12.6. The van der Waals surface area contributed by atoms with Crippen LogP contribution in [0.1, 0.15) is 40.2 Å². The molecule has 0 aliphatic rings. The molecule has 0 heterocycles. The van der Waals surface area contributed by atoms with Crippen molar-refractivity contribution in [3.63, 3.8) is 0 Å². The summed E-state index contributed by atoms with van der Waals surface area (Å²) < 4.78 is 19.4. The number of ether oxygens (including phenoxy) is 1. The lowest BCUT2D eigenvalue weighted by Crippen LogP contribution is -2.30. The van der Waals surface area contributed by atoms with E-state index in [1.165, 1.54) is 30.7 Å². The summed E-state index contributed by atoms with van der Waals surface area (Å²) >= 11 is 0. The van der Waals surface area contributed by atoms with Crippen molar-refractivity contribution in [2.24, 2.45) is 0 Å². The number of nitrogens with one attached hydrogen (secondary N) is 2. The Morgan fingerprint density at radius 1 is 1.04 bits per heavy atom. The average Bonchev–Trinajstić information content (AvgIpc) is 2.57. The monoisotopic (exact) mass is 372 g/mol. The molecule has 2 amide bonds. The Labute approximate surface area is 158 Å². The molecule has 0 aromatic heterocycles. The van der Waals surface area contributed by atoms with Gasteiger partial charge in [-0.2, -0.15) is 0 Å². The van der Waals surface area contributed by atoms with Crippen LogP contribution in [0.5, 0.6) is 5.75 Å². The zero-order chi connectivity index (χ0) is 20.2. The third-order valence-corrected chi connectivity index (χ3v) is 3.95. The van der Waals surface area contributed by atoms with Crippen LogP contribution in [0.15, 0.2) is 42.5 Å². The number of anilines is 2. The van der Waals surface area contributed by atoms with E-state index in [1.54, 1.807) is 6.92 Å². The maximum Gasteiger partial charge on any atom is 0.265 e. The highest BCUT2D eigenvalue weighted by Gasteiger charge is 2.17. The van der Waals surface area contributed by atoms with Crippen LogP contribution in [-0.4, -0.2) is 17.9 Å². The molecule has 0 saturated carbocycles. The molecule has 0 fully saturated rings. The fourth-order valence-electron chi connectivity index (χ4n) is 2.42. The van der Waals surface area contributed by atoms with Gasteiger partial charge in [-0.3, -0.25) is 9.59 Å². The van der Waals surface area contributed by atoms with Gasteiger partial charge in [-0.05, 0) is 48.2 Å². The summed E-state index contributed by atoms with van der Waals surface area (Å²) in [5, 5.41) is 5.03. The van der Waals surface area contributed by atoms with Crippen molar-refractivity contribution < 1.29 is 18.7 Å². The van der Waals surface area contributed by atoms with Gasteiger partial charge < -0.3 is 15.4 Å². The predicted octanol–water partition coefficient (Wildman–Crippen LogP) is 4.49. The van der Waals surface area contributed by atoms with Crippen LogP contribution in [0.3, 0.4) is 0 Å². The van der Waals surface area contributed by atoms with Crippen molar-refractivity contribution in [1.82, 2.24) is 0 Å². The van der Waals surface area contributed by atoms with E-state index >= 15 is 0 Å². The molecule has 6 heteroatoms. The van der Waals surface area contributed by atoms with Gasteiger partial charge in [-0.25, -0.2) is 4.39 Å². The zero-order valence-corrected chi connectivity index (χ0v) is 16.2. The van der Waals surface area contributed by atoms with E-state index in [1.807, 2.05) is 24.3 Å². The van der Waals surface area contributed by atoms with Crippen molar-refractivity contribution in [1.29, 1.82) is 0 Å². The van der Waals surface area contributed by atoms with E-state index < -0.39 is 17.8 Å². The third-order valence-electron chi connectivity index (χ3n) is 3.95. The quantitative estimate of drug-likeness (QED) is 0.813. The highest BCUT2D eigenvalue weighted by atomic mass is 19.1. The first-order valence-corrected chi connectivity index (χ1v) is 8.71. The minimum absolute atomic E-state index is 0.00615. The number of rotatable bonds is 5. The first-order valence-electron chi connectivity index (χ1n) is 8.71. The van der Waals surface area contributed by atoms with E-state index in [2.05, 4.69) is 31.4 Å². The molecule has 2 aromatic rings. The van der Waals surface area contributed by atoms with E-state index in [0.717, 1.165) is 0 Å². The Morgan fingerprint density at radius 2 is 1.67 bits per heavy atom. The van der Waals surface area contributed by atoms with Crippen molar-refractivity contribution in [3.05, 3.63) is 53.8 Å². The zero-order valence-electron chi connectivity index (χ0n) is 16.2. The molecule has 0 spiro atoms. The standard InChI is InChI=1S/C21H25FN2O3/c1-13(27-17-9-6-15(7-10-17)21(3,4)5)20(26)24-16-8-11-18(22)19(12-16)23-14(2)25/h6-13H,1-5H3,(H,23,25)(H,24,26). The van der Waals surface area contributed by atoms with Gasteiger partial charge in [0, 0.05) is 12.6 Å². The number of hydrogen-bond donors (Lipinski definition) is 2. The molecule has 1 unspecified atom stereocenters. The molecule has 1 atom stereocenters. The fraction of sp³-hybridized carbons (Fsp3) is 0.333. The minimum atomic E-state index is -0.750. The van der Waals surface area contributed by atoms with Crippen molar-refractivity contribution in [3.8, 4) is 5.75 Å². The molecular formula is C21H25FN2O3. The summed E-state index contributed by atoms with van der Waals surface area (Å²) in [7, 11) is 0. The topological polar surface area (TPSA) is 67.4 Å². The molecule has 2 rings (SSSR count). The highest BCUT2D eigenvalue weighted by molar-refractivity contribution is 5.95. The van der Waals surface area contributed by atoms with Crippen LogP contribution < -0.4 is 15.4 Å². The Balaban J connectivity index is 2.02. The average molecular weight is 372 g/mol. The molecule has 2 N–H and O–H groups in total. The molecular weight excluding hydrogens is 347 g/mol. The Morgan fingerprint density at radius 3 is 2.22 bits per heavy atom. The third kappa shape index (κ3) is 5.81. The molecule has 5 nitrogen and oxygen atoms in total. The van der Waals surface area contributed by atoms with Gasteiger partial charge in [0.1, 0.15) is 11.6 Å². The normalized spacial score (nSPS) is 12.2. The van der Waals surface area contributed by atoms with Crippen LogP contribution in [0.2, 0.25) is 0 Å². The van der Waals surface area contributed by atoms with Crippen molar-refractivity contribution in [2.75, 3.05) is 10.6 Å². The lowest BCUT2D eigenvalue weighted by atomic mass is 9.87. The van der Waals surface area contributed by atoms with Gasteiger partial charge >= 0.3 is 0 Å². The second kappa shape index (κ2) is 8.20. The predicted molar refractivity (Wildman–Crippen MR) is 105 cm³/mol. The minimum Gasteiger partial charge on any atom is -0.481 e. The SMILES string of the molecule is CC(=O)Nc1cc(NC(=O)C(C)Oc2ccc(C(C)(C)C)cc2)ccc1F. The van der Waals surface area contributed by atoms with E-state index in [9.17, 15) is 14.0 Å². The summed E-state index contributed by atoms with van der Waals surface area (Å²) in [6, 6.07) is 11.6. The number of amides is 2. The Bertz CT molecular complexity index is 826. The van der Waals surface area contributed by atoms with Crippen molar-refractivity contribution >= 4 is 23.2 Å². The number of carbonyl (C=O) groups excluding carboxylic acids is 2. The molecule has 0 aliphatic heterocycles. The van der Waals surface area contributed by atoms with Gasteiger partial charge in [-0.1, -0.05) is 32.9 Å². The van der Waals surface area contributed by atoms with Gasteiger partial charge in [0.05, 0.1) is 5.69 Å². The lowest BCUT2D eigenvalue weighted by Gasteiger charge is -2.20. The molecule has 0 bridgehead atoms. The van der Waals surface area contributed by atoms with Crippen LogP contribution in [0.4, 0.5) is 15.8 Å². The Hall–Kier alpha value is -2.89. The summed E-state index contributed by atoms with van der Waals surface area (Å²) in [6.07, 6.45) is -0.750. The highest BCUT2D eigenvalue weighted by Crippen LogP contribution is 2.25. The summed E-state index contributed by atoms with van der Waals surface area (Å²) in [4.78, 5) is 23.5. The second-order valence-corrected chi connectivity index (χ2v) is 7.40. The maximum atomic E-state index is 13.7. The lowest BCUT2D eigenvalue weighted by molar-refractivity contribution is -0.122. The molecule has 0 saturated heterocycles. The first kappa shape index (κ1) is 20.4. The van der Waals surface area contributed by atoms with Crippen molar-refractivity contribution in [2.45, 2.75) is 46.1 Å². The summed E-state index contributed by atoms with van der Waals surface area (Å²) in [6.45, 7) is 9.28. The molecule has 0 aliphatic carbocycles. The number of hydrogen-bond acceptors (Lipinski definition) is 3. The van der Waals surface area contributed by atoms with Crippen LogP contribution in [-0.2, 0) is 15.0 Å². The molecule has 144 valence electrons. The van der Waals surface area contributed by atoms with E-state index in [0.29, 0.717) is 11.4 Å². The summed E-state index contributed by atoms with van der Waals surface area (Å²) in [5.41, 5.74) is 1.58. The number of carbonyl (C=O) groups is 2. The molecule has 0 radical (unpaired) electrons. The smallest absolute Gasteiger partial charge is 0.265 e. The van der Waals surface area contributed by atoms with E-state index in [4.69, 9.17) is 4.74 Å². The summed E-state index contributed by atoms with van der Waals surface area (Å²) in [5.74, 6) is -0.766.